The quantitative estimate of drug-likeness (QED) is 0.749. The Kier molecular flexibility index (Phi) is 6.56. The molecule has 156 valence electrons. The molecule has 1 aromatic heterocycles. The molecule has 7 nitrogen and oxygen atoms in total. The number of carbonyl (C=O) groups excluding carboxylic acids is 1. The zero-order valence-electron chi connectivity index (χ0n) is 17.2. The van der Waals surface area contributed by atoms with Crippen molar-refractivity contribution in [1.29, 1.82) is 0 Å². The Morgan fingerprint density at radius 3 is 2.38 bits per heavy atom. The molecule has 29 heavy (non-hydrogen) atoms. The molecule has 0 bridgehead atoms. The first-order chi connectivity index (χ1) is 14.0. The molecule has 0 radical (unpaired) electrons. The standard InChI is InChI=1S/C22H30N4O3/c1-3-13-25-19(23)18(21(28)26(14-4-2)22(25)29)24-20(27)17-12-8-11-16(17)15-9-6-5-7-10-15/h5-7,9-10,16-17H,3-4,8,11-14,23H2,1-2H3,(H,24,27)/t16-,17+/m1/s1. The fourth-order valence-electron chi connectivity index (χ4n) is 4.28. The highest BCUT2D eigenvalue weighted by Gasteiger charge is 2.34. The lowest BCUT2D eigenvalue weighted by molar-refractivity contribution is -0.120. The van der Waals surface area contributed by atoms with E-state index in [1.807, 2.05) is 44.2 Å². The van der Waals surface area contributed by atoms with E-state index in [0.717, 1.165) is 24.8 Å². The fourth-order valence-corrected chi connectivity index (χ4v) is 4.28. The molecule has 1 amide bonds. The van der Waals surface area contributed by atoms with Crippen molar-refractivity contribution in [2.45, 2.75) is 65.0 Å². The number of nitrogen functional groups attached to an aromatic ring is 1. The Bertz CT molecular complexity index is 978. The Balaban J connectivity index is 1.95. The van der Waals surface area contributed by atoms with Gasteiger partial charge in [0, 0.05) is 19.0 Å². The molecule has 3 rings (SSSR count). The van der Waals surface area contributed by atoms with Crippen LogP contribution >= 0.6 is 0 Å². The smallest absolute Gasteiger partial charge is 0.332 e. The summed E-state index contributed by atoms with van der Waals surface area (Å²) in [6, 6.07) is 10.00. The van der Waals surface area contributed by atoms with Crippen molar-refractivity contribution >= 4 is 17.4 Å². The highest BCUT2D eigenvalue weighted by Crippen LogP contribution is 2.40. The van der Waals surface area contributed by atoms with E-state index in [0.29, 0.717) is 25.9 Å². The number of rotatable bonds is 7. The average molecular weight is 399 g/mol. The molecular formula is C22H30N4O3. The van der Waals surface area contributed by atoms with Gasteiger partial charge in [-0.15, -0.1) is 0 Å². The molecule has 1 aliphatic rings. The lowest BCUT2D eigenvalue weighted by atomic mass is 9.88. The zero-order chi connectivity index (χ0) is 21.0. The third-order valence-corrected chi connectivity index (χ3v) is 5.69. The van der Waals surface area contributed by atoms with Crippen LogP contribution in [-0.2, 0) is 17.9 Å². The molecule has 1 aromatic carbocycles. The topological polar surface area (TPSA) is 99.1 Å². The number of nitrogens with zero attached hydrogens (tertiary/aromatic N) is 2. The number of amides is 1. The van der Waals surface area contributed by atoms with Gasteiger partial charge < -0.3 is 11.1 Å². The van der Waals surface area contributed by atoms with Gasteiger partial charge in [0.25, 0.3) is 5.56 Å². The maximum atomic E-state index is 13.1. The number of benzene rings is 1. The van der Waals surface area contributed by atoms with E-state index in [9.17, 15) is 14.4 Å². The van der Waals surface area contributed by atoms with Crippen LogP contribution in [0.5, 0.6) is 0 Å². The molecule has 1 aliphatic carbocycles. The van der Waals surface area contributed by atoms with E-state index >= 15 is 0 Å². The third-order valence-electron chi connectivity index (χ3n) is 5.69. The molecule has 0 unspecified atom stereocenters. The Morgan fingerprint density at radius 1 is 1.07 bits per heavy atom. The first-order valence-electron chi connectivity index (χ1n) is 10.5. The van der Waals surface area contributed by atoms with Gasteiger partial charge >= 0.3 is 5.69 Å². The molecule has 3 N–H and O–H groups in total. The van der Waals surface area contributed by atoms with Gasteiger partial charge in [-0.1, -0.05) is 50.6 Å². The zero-order valence-corrected chi connectivity index (χ0v) is 17.2. The number of aromatic nitrogens is 2. The second-order valence-corrected chi connectivity index (χ2v) is 7.70. The summed E-state index contributed by atoms with van der Waals surface area (Å²) in [5.74, 6) is -0.263. The van der Waals surface area contributed by atoms with Crippen LogP contribution in [0.1, 0.15) is 57.4 Å². The minimum Gasteiger partial charge on any atom is -0.383 e. The number of nitrogens with one attached hydrogen (secondary N) is 1. The largest absolute Gasteiger partial charge is 0.383 e. The van der Waals surface area contributed by atoms with Gasteiger partial charge in [-0.3, -0.25) is 18.7 Å². The van der Waals surface area contributed by atoms with Crippen molar-refractivity contribution in [3.8, 4) is 0 Å². The first-order valence-corrected chi connectivity index (χ1v) is 10.5. The van der Waals surface area contributed by atoms with Crippen LogP contribution in [0, 0.1) is 5.92 Å². The molecule has 1 saturated carbocycles. The van der Waals surface area contributed by atoms with Gasteiger partial charge in [0.05, 0.1) is 0 Å². The van der Waals surface area contributed by atoms with Crippen LogP contribution in [0.2, 0.25) is 0 Å². The molecule has 1 heterocycles. The molecule has 2 atom stereocenters. The van der Waals surface area contributed by atoms with E-state index < -0.39 is 11.2 Å². The van der Waals surface area contributed by atoms with E-state index in [-0.39, 0.29) is 29.2 Å². The number of nitrogens with two attached hydrogens (primary N) is 1. The summed E-state index contributed by atoms with van der Waals surface area (Å²) in [7, 11) is 0. The molecule has 0 aliphatic heterocycles. The molecule has 1 fully saturated rings. The van der Waals surface area contributed by atoms with Crippen LogP contribution in [-0.4, -0.2) is 15.0 Å². The van der Waals surface area contributed by atoms with Crippen molar-refractivity contribution in [2.75, 3.05) is 11.1 Å². The third kappa shape index (κ3) is 4.13. The second kappa shape index (κ2) is 9.11. The van der Waals surface area contributed by atoms with Crippen LogP contribution in [0.4, 0.5) is 11.5 Å². The molecule has 0 spiro atoms. The van der Waals surface area contributed by atoms with Gasteiger partial charge in [0.2, 0.25) is 5.91 Å². The summed E-state index contributed by atoms with van der Waals surface area (Å²) in [4.78, 5) is 38.7. The van der Waals surface area contributed by atoms with Gasteiger partial charge in [-0.05, 0) is 37.2 Å². The Hall–Kier alpha value is -2.83. The maximum Gasteiger partial charge on any atom is 0.332 e. The van der Waals surface area contributed by atoms with Gasteiger partial charge in [-0.2, -0.15) is 0 Å². The maximum absolute atomic E-state index is 13.1. The number of anilines is 2. The molecule has 7 heteroatoms. The highest BCUT2D eigenvalue weighted by molar-refractivity contribution is 5.95. The Morgan fingerprint density at radius 2 is 1.72 bits per heavy atom. The first kappa shape index (κ1) is 20.9. The minimum absolute atomic E-state index is 0.0233. The summed E-state index contributed by atoms with van der Waals surface area (Å²) in [5.41, 5.74) is 6.38. The number of hydrogen-bond acceptors (Lipinski definition) is 4. The molecule has 0 saturated heterocycles. The highest BCUT2D eigenvalue weighted by atomic mass is 16.2. The van der Waals surface area contributed by atoms with Gasteiger partial charge in [0.15, 0.2) is 0 Å². The minimum atomic E-state index is -0.524. The van der Waals surface area contributed by atoms with Crippen molar-refractivity contribution in [3.63, 3.8) is 0 Å². The lowest BCUT2D eigenvalue weighted by Gasteiger charge is -2.21. The van der Waals surface area contributed by atoms with Crippen LogP contribution in [0.25, 0.3) is 0 Å². The average Bonchev–Trinajstić information content (AvgIpc) is 3.22. The van der Waals surface area contributed by atoms with Gasteiger partial charge in [0.1, 0.15) is 11.5 Å². The van der Waals surface area contributed by atoms with E-state index in [2.05, 4.69) is 5.32 Å². The molecular weight excluding hydrogens is 368 g/mol. The predicted octanol–water partition coefficient (Wildman–Crippen LogP) is 2.93. The van der Waals surface area contributed by atoms with Crippen LogP contribution in [0.3, 0.4) is 0 Å². The molecule has 2 aromatic rings. The summed E-state index contributed by atoms with van der Waals surface area (Å²) in [6.45, 7) is 4.52. The normalized spacial score (nSPS) is 18.7. The van der Waals surface area contributed by atoms with Gasteiger partial charge in [-0.25, -0.2) is 4.79 Å². The van der Waals surface area contributed by atoms with E-state index in [1.165, 1.54) is 9.13 Å². The SMILES string of the molecule is CCCn1c(N)c(NC(=O)[C@H]2CCC[C@@H]2c2ccccc2)c(=O)n(CCC)c1=O. The second-order valence-electron chi connectivity index (χ2n) is 7.70. The van der Waals surface area contributed by atoms with Crippen LogP contribution < -0.4 is 22.3 Å². The lowest BCUT2D eigenvalue weighted by Crippen LogP contribution is -2.43. The van der Waals surface area contributed by atoms with Crippen molar-refractivity contribution < 1.29 is 4.79 Å². The van der Waals surface area contributed by atoms with Crippen LogP contribution in [0.15, 0.2) is 39.9 Å². The fraction of sp³-hybridized carbons (Fsp3) is 0.500. The summed E-state index contributed by atoms with van der Waals surface area (Å²) in [5, 5.41) is 2.79. The summed E-state index contributed by atoms with van der Waals surface area (Å²) >= 11 is 0. The monoisotopic (exact) mass is 398 g/mol. The van der Waals surface area contributed by atoms with Crippen molar-refractivity contribution in [3.05, 3.63) is 56.7 Å². The summed E-state index contributed by atoms with van der Waals surface area (Å²) < 4.78 is 2.56. The number of hydrogen-bond donors (Lipinski definition) is 2. The predicted molar refractivity (Wildman–Crippen MR) is 115 cm³/mol. The van der Waals surface area contributed by atoms with Crippen molar-refractivity contribution in [1.82, 2.24) is 9.13 Å². The Labute approximate surface area is 170 Å². The van der Waals surface area contributed by atoms with E-state index in [4.69, 9.17) is 5.73 Å². The summed E-state index contributed by atoms with van der Waals surface area (Å²) in [6.07, 6.45) is 4.00. The van der Waals surface area contributed by atoms with Crippen molar-refractivity contribution in [2.24, 2.45) is 5.92 Å². The number of carbonyl (C=O) groups is 1. The van der Waals surface area contributed by atoms with E-state index in [1.54, 1.807) is 0 Å².